The summed E-state index contributed by atoms with van der Waals surface area (Å²) in [5.41, 5.74) is 10.1. The number of benzene rings is 6. The first kappa shape index (κ1) is 28.1. The minimum Gasteiger partial charge on any atom is -0.457 e. The Hall–Kier alpha value is -5.08. The molecule has 0 atom stereocenters. The van der Waals surface area contributed by atoms with Crippen molar-refractivity contribution >= 4 is 0 Å². The van der Waals surface area contributed by atoms with Crippen molar-refractivity contribution in [2.45, 2.75) is 33.1 Å². The molecule has 0 unspecified atom stereocenters. The third kappa shape index (κ3) is 7.61. The minimum absolute atomic E-state index is 0.853. The van der Waals surface area contributed by atoms with E-state index in [9.17, 15) is 0 Å². The van der Waals surface area contributed by atoms with Gasteiger partial charge < -0.3 is 9.47 Å². The Morgan fingerprint density at radius 2 is 0.628 bits per heavy atom. The fraction of sp³-hybridized carbons (Fsp3) is 0.122. The average molecular weight is 561 g/mol. The van der Waals surface area contributed by atoms with E-state index in [2.05, 4.69) is 111 Å². The number of aryl methyl sites for hydroxylation is 2. The van der Waals surface area contributed by atoms with E-state index in [1.807, 2.05) is 48.5 Å². The molecule has 6 rings (SSSR count). The molecule has 0 aromatic heterocycles. The molecule has 2 nitrogen and oxygen atoms in total. The molecular formula is C41H36O2. The smallest absolute Gasteiger partial charge is 0.127 e. The Labute approximate surface area is 255 Å². The Balaban J connectivity index is 1.02. The van der Waals surface area contributed by atoms with E-state index in [-0.39, 0.29) is 0 Å². The molecule has 0 N–H and O–H groups in total. The Morgan fingerprint density at radius 3 is 0.953 bits per heavy atom. The summed E-state index contributed by atoms with van der Waals surface area (Å²) in [4.78, 5) is 0. The van der Waals surface area contributed by atoms with Gasteiger partial charge in [-0.05, 0) is 114 Å². The standard InChI is InChI=1S/C41H36O2/c1-3-31-10-22-39(23-11-31)43-41-26-14-35(15-27-41)29-33-8-18-37(19-9-33)36-16-6-32(7-17-36)28-34-12-24-40(25-13-34)42-38-20-4-30(2)5-21-38/h4-27H,3,28-29H2,1-2H3. The third-order valence-corrected chi connectivity index (χ3v) is 7.73. The van der Waals surface area contributed by atoms with Gasteiger partial charge in [-0.15, -0.1) is 0 Å². The molecule has 0 bridgehead atoms. The molecular weight excluding hydrogens is 524 g/mol. The van der Waals surface area contributed by atoms with Crippen LogP contribution in [0.1, 0.15) is 40.3 Å². The first-order valence-corrected chi connectivity index (χ1v) is 15.0. The summed E-state index contributed by atoms with van der Waals surface area (Å²) in [7, 11) is 0. The van der Waals surface area contributed by atoms with Crippen LogP contribution >= 0.6 is 0 Å². The second-order valence-corrected chi connectivity index (χ2v) is 11.0. The first-order chi connectivity index (χ1) is 21.1. The molecule has 0 saturated carbocycles. The molecule has 43 heavy (non-hydrogen) atoms. The van der Waals surface area contributed by atoms with Crippen LogP contribution in [0, 0.1) is 6.92 Å². The van der Waals surface area contributed by atoms with Crippen LogP contribution in [0.25, 0.3) is 11.1 Å². The van der Waals surface area contributed by atoms with Crippen LogP contribution in [0.15, 0.2) is 146 Å². The van der Waals surface area contributed by atoms with E-state index in [1.165, 1.54) is 44.5 Å². The monoisotopic (exact) mass is 560 g/mol. The van der Waals surface area contributed by atoms with Gasteiger partial charge >= 0.3 is 0 Å². The van der Waals surface area contributed by atoms with Gasteiger partial charge in [0.25, 0.3) is 0 Å². The van der Waals surface area contributed by atoms with Crippen molar-refractivity contribution in [1.82, 2.24) is 0 Å². The molecule has 0 spiro atoms. The SMILES string of the molecule is CCc1ccc(Oc2ccc(Cc3ccc(-c4ccc(Cc5ccc(Oc6ccc(C)cc6)cc5)cc4)cc3)cc2)cc1. The normalized spacial score (nSPS) is 10.8. The summed E-state index contributed by atoms with van der Waals surface area (Å²) in [5.74, 6) is 3.43. The molecule has 6 aromatic rings. The second kappa shape index (κ2) is 13.3. The molecule has 0 amide bonds. The van der Waals surface area contributed by atoms with Crippen molar-refractivity contribution in [3.8, 4) is 34.1 Å². The van der Waals surface area contributed by atoms with Crippen LogP contribution < -0.4 is 9.47 Å². The van der Waals surface area contributed by atoms with E-state index >= 15 is 0 Å². The molecule has 0 aliphatic carbocycles. The summed E-state index contributed by atoms with van der Waals surface area (Å²) < 4.78 is 12.0. The molecule has 6 aromatic carbocycles. The molecule has 0 radical (unpaired) electrons. The zero-order valence-electron chi connectivity index (χ0n) is 24.8. The summed E-state index contributed by atoms with van der Waals surface area (Å²) in [6.45, 7) is 4.24. The maximum absolute atomic E-state index is 6.01. The number of hydrogen-bond acceptors (Lipinski definition) is 2. The van der Waals surface area contributed by atoms with Gasteiger partial charge in [0.05, 0.1) is 0 Å². The topological polar surface area (TPSA) is 18.5 Å². The summed E-state index contributed by atoms with van der Waals surface area (Å²) in [6.07, 6.45) is 2.81. The Kier molecular flexibility index (Phi) is 8.66. The van der Waals surface area contributed by atoms with Crippen molar-refractivity contribution < 1.29 is 9.47 Å². The molecule has 0 aliphatic rings. The highest BCUT2D eigenvalue weighted by molar-refractivity contribution is 5.64. The van der Waals surface area contributed by atoms with E-state index in [0.29, 0.717) is 0 Å². The highest BCUT2D eigenvalue weighted by Crippen LogP contribution is 2.26. The lowest BCUT2D eigenvalue weighted by atomic mass is 9.98. The fourth-order valence-electron chi connectivity index (χ4n) is 5.12. The first-order valence-electron chi connectivity index (χ1n) is 15.0. The van der Waals surface area contributed by atoms with Gasteiger partial charge in [0.2, 0.25) is 0 Å². The van der Waals surface area contributed by atoms with Crippen molar-refractivity contribution in [2.75, 3.05) is 0 Å². The van der Waals surface area contributed by atoms with Gasteiger partial charge in [0.15, 0.2) is 0 Å². The van der Waals surface area contributed by atoms with Crippen molar-refractivity contribution in [3.63, 3.8) is 0 Å². The lowest BCUT2D eigenvalue weighted by Crippen LogP contribution is -1.91. The molecule has 0 heterocycles. The van der Waals surface area contributed by atoms with E-state index in [4.69, 9.17) is 9.47 Å². The van der Waals surface area contributed by atoms with Crippen LogP contribution in [0.3, 0.4) is 0 Å². The number of ether oxygens (including phenoxy) is 2. The Morgan fingerprint density at radius 1 is 0.349 bits per heavy atom. The molecule has 0 fully saturated rings. The number of hydrogen-bond donors (Lipinski definition) is 0. The van der Waals surface area contributed by atoms with Crippen LogP contribution in [-0.4, -0.2) is 0 Å². The van der Waals surface area contributed by atoms with Gasteiger partial charge in [-0.2, -0.15) is 0 Å². The Bertz CT molecular complexity index is 1730. The number of rotatable bonds is 10. The third-order valence-electron chi connectivity index (χ3n) is 7.73. The average Bonchev–Trinajstić information content (AvgIpc) is 3.05. The maximum atomic E-state index is 6.01. The lowest BCUT2D eigenvalue weighted by Gasteiger charge is -2.09. The molecule has 0 aliphatic heterocycles. The summed E-state index contributed by atoms with van der Waals surface area (Å²) in [6, 6.07) is 50.9. The van der Waals surface area contributed by atoms with Gasteiger partial charge in [0, 0.05) is 0 Å². The highest BCUT2D eigenvalue weighted by Gasteiger charge is 2.04. The van der Waals surface area contributed by atoms with Gasteiger partial charge in [-0.25, -0.2) is 0 Å². The van der Waals surface area contributed by atoms with Crippen LogP contribution in [0.2, 0.25) is 0 Å². The van der Waals surface area contributed by atoms with E-state index in [0.717, 1.165) is 42.3 Å². The quantitative estimate of drug-likeness (QED) is 0.166. The predicted octanol–water partition coefficient (Wildman–Crippen LogP) is 11.0. The zero-order chi connectivity index (χ0) is 29.4. The van der Waals surface area contributed by atoms with Gasteiger partial charge in [-0.1, -0.05) is 110 Å². The van der Waals surface area contributed by atoms with E-state index in [1.54, 1.807) is 0 Å². The van der Waals surface area contributed by atoms with Crippen molar-refractivity contribution in [2.24, 2.45) is 0 Å². The maximum Gasteiger partial charge on any atom is 0.127 e. The summed E-state index contributed by atoms with van der Waals surface area (Å²) in [5, 5.41) is 0. The fourth-order valence-corrected chi connectivity index (χ4v) is 5.12. The van der Waals surface area contributed by atoms with Gasteiger partial charge in [0.1, 0.15) is 23.0 Å². The zero-order valence-corrected chi connectivity index (χ0v) is 24.8. The highest BCUT2D eigenvalue weighted by atomic mass is 16.5. The summed E-state index contributed by atoms with van der Waals surface area (Å²) >= 11 is 0. The van der Waals surface area contributed by atoms with Crippen molar-refractivity contribution in [1.29, 1.82) is 0 Å². The van der Waals surface area contributed by atoms with E-state index < -0.39 is 0 Å². The van der Waals surface area contributed by atoms with Crippen LogP contribution in [0.5, 0.6) is 23.0 Å². The molecule has 2 heteroatoms. The lowest BCUT2D eigenvalue weighted by molar-refractivity contribution is 0.482. The van der Waals surface area contributed by atoms with Gasteiger partial charge in [-0.3, -0.25) is 0 Å². The largest absolute Gasteiger partial charge is 0.457 e. The van der Waals surface area contributed by atoms with Crippen LogP contribution in [-0.2, 0) is 19.3 Å². The second-order valence-electron chi connectivity index (χ2n) is 11.0. The van der Waals surface area contributed by atoms with Crippen LogP contribution in [0.4, 0.5) is 0 Å². The molecule has 0 saturated heterocycles. The minimum atomic E-state index is 0.853. The molecule has 212 valence electrons. The predicted molar refractivity (Wildman–Crippen MR) is 178 cm³/mol. The van der Waals surface area contributed by atoms with Crippen molar-refractivity contribution in [3.05, 3.63) is 179 Å².